The van der Waals surface area contributed by atoms with Crippen molar-refractivity contribution in [2.24, 2.45) is 0 Å². The Morgan fingerprint density at radius 1 is 0.800 bits per heavy atom. The van der Waals surface area contributed by atoms with Gasteiger partial charge in [0.15, 0.2) is 0 Å². The van der Waals surface area contributed by atoms with Crippen LogP contribution < -0.4 is 10.6 Å². The number of carbonyl (C=O) groups is 1. The van der Waals surface area contributed by atoms with Crippen molar-refractivity contribution in [1.82, 2.24) is 9.97 Å². The lowest BCUT2D eigenvalue weighted by Gasteiger charge is -2.12. The third kappa shape index (κ3) is 10.9. The Bertz CT molecular complexity index is 1100. The summed E-state index contributed by atoms with van der Waals surface area (Å²) in [6, 6.07) is 8.72. The van der Waals surface area contributed by atoms with Crippen molar-refractivity contribution in [2.45, 2.75) is 96.8 Å². The van der Waals surface area contributed by atoms with Crippen molar-refractivity contribution in [3.05, 3.63) is 46.8 Å². The average Bonchev–Trinajstić information content (AvgIpc) is 3.36. The summed E-state index contributed by atoms with van der Waals surface area (Å²) in [5.74, 6) is 2.08. The van der Waals surface area contributed by atoms with Gasteiger partial charge >= 0.3 is 7.60 Å². The largest absolute Gasteiger partial charge is 0.370 e. The zero-order valence-electron chi connectivity index (χ0n) is 24.8. The maximum atomic E-state index is 11.9. The minimum atomic E-state index is -3.23. The number of aromatic nitrogens is 2. The number of Topliss-reactive ketones (excluding diaryl/α,β-unsaturated/α-hetero) is 1. The highest BCUT2D eigenvalue weighted by Crippen LogP contribution is 2.46. The quantitative estimate of drug-likeness (QED) is 0.193. The van der Waals surface area contributed by atoms with E-state index < -0.39 is 7.60 Å². The third-order valence-corrected chi connectivity index (χ3v) is 9.36. The molecule has 0 fully saturated rings. The number of hydrogen-bond acceptors (Lipinski definition) is 8. The SMILES string of the molecule is CCCCCc1ccc2c(n1)NCCCC2.COP(=O)(CC(=O)CCCCc1ccc2c(n1)NCCCC2)OC. The molecule has 4 rings (SSSR count). The maximum Gasteiger partial charge on any atom is 0.337 e. The van der Waals surface area contributed by atoms with Crippen LogP contribution in [0.4, 0.5) is 11.6 Å². The number of carbonyl (C=O) groups excluding carboxylic acids is 1. The van der Waals surface area contributed by atoms with Gasteiger partial charge in [0.05, 0.1) is 0 Å². The van der Waals surface area contributed by atoms with Crippen LogP contribution >= 0.6 is 7.60 Å². The van der Waals surface area contributed by atoms with Crippen molar-refractivity contribution in [1.29, 1.82) is 0 Å². The fraction of sp³-hybridized carbons (Fsp3) is 0.645. The van der Waals surface area contributed by atoms with Gasteiger partial charge in [0.2, 0.25) is 0 Å². The Labute approximate surface area is 241 Å². The van der Waals surface area contributed by atoms with Gasteiger partial charge in [-0.25, -0.2) is 9.97 Å². The van der Waals surface area contributed by atoms with Gasteiger partial charge in [-0.15, -0.1) is 0 Å². The van der Waals surface area contributed by atoms with E-state index in [1.165, 1.54) is 82.4 Å². The Balaban J connectivity index is 0.000000238. The first-order valence-corrected chi connectivity index (χ1v) is 16.9. The Morgan fingerprint density at radius 3 is 1.82 bits per heavy atom. The Morgan fingerprint density at radius 2 is 1.32 bits per heavy atom. The van der Waals surface area contributed by atoms with Crippen LogP contribution in [0.25, 0.3) is 0 Å². The molecule has 2 aromatic heterocycles. The molecule has 0 saturated carbocycles. The van der Waals surface area contributed by atoms with E-state index in [2.05, 4.69) is 41.8 Å². The average molecular weight is 573 g/mol. The normalized spacial score (nSPS) is 14.8. The summed E-state index contributed by atoms with van der Waals surface area (Å²) in [4.78, 5) is 21.3. The molecule has 0 aliphatic carbocycles. The Hall–Kier alpha value is -2.28. The summed E-state index contributed by atoms with van der Waals surface area (Å²) < 4.78 is 21.5. The minimum Gasteiger partial charge on any atom is -0.370 e. The number of anilines is 2. The third-order valence-electron chi connectivity index (χ3n) is 7.50. The van der Waals surface area contributed by atoms with Gasteiger partial charge in [-0.05, 0) is 93.9 Å². The predicted molar refractivity (Wildman–Crippen MR) is 164 cm³/mol. The molecule has 0 unspecified atom stereocenters. The molecule has 40 heavy (non-hydrogen) atoms. The fourth-order valence-electron chi connectivity index (χ4n) is 5.02. The number of aryl methyl sites for hydroxylation is 4. The minimum absolute atomic E-state index is 0.0846. The van der Waals surface area contributed by atoms with Crippen molar-refractivity contribution < 1.29 is 18.4 Å². The second-order valence-corrected chi connectivity index (χ2v) is 13.0. The van der Waals surface area contributed by atoms with E-state index in [1.807, 2.05) is 0 Å². The molecule has 9 heteroatoms. The monoisotopic (exact) mass is 572 g/mol. The van der Waals surface area contributed by atoms with E-state index in [4.69, 9.17) is 19.0 Å². The zero-order valence-corrected chi connectivity index (χ0v) is 25.7. The van der Waals surface area contributed by atoms with E-state index in [0.717, 1.165) is 62.5 Å². The van der Waals surface area contributed by atoms with Crippen molar-refractivity contribution in [3.63, 3.8) is 0 Å². The van der Waals surface area contributed by atoms with Crippen LogP contribution in [0, 0.1) is 0 Å². The molecular formula is C31H49N4O4P. The molecule has 2 aliphatic heterocycles. The van der Waals surface area contributed by atoms with Crippen LogP contribution in [0.1, 0.15) is 93.6 Å². The molecular weight excluding hydrogens is 523 g/mol. The molecule has 222 valence electrons. The lowest BCUT2D eigenvalue weighted by molar-refractivity contribution is -0.117. The molecule has 4 heterocycles. The molecule has 0 spiro atoms. The Kier molecular flexibility index (Phi) is 14.1. The smallest absolute Gasteiger partial charge is 0.337 e. The molecule has 0 radical (unpaired) electrons. The second kappa shape index (κ2) is 17.5. The number of pyridine rings is 2. The second-order valence-electron chi connectivity index (χ2n) is 10.7. The number of nitrogens with zero attached hydrogens (tertiary/aromatic N) is 2. The molecule has 0 saturated heterocycles. The van der Waals surface area contributed by atoms with Crippen molar-refractivity contribution in [3.8, 4) is 0 Å². The number of fused-ring (bicyclic) bond motifs is 2. The first-order valence-electron chi connectivity index (χ1n) is 15.1. The van der Waals surface area contributed by atoms with Crippen LogP contribution in [0.5, 0.6) is 0 Å². The lowest BCUT2D eigenvalue weighted by atomic mass is 10.1. The summed E-state index contributed by atoms with van der Waals surface area (Å²) in [5.41, 5.74) is 5.00. The highest BCUT2D eigenvalue weighted by atomic mass is 31.2. The van der Waals surface area contributed by atoms with E-state index >= 15 is 0 Å². The van der Waals surface area contributed by atoms with Crippen LogP contribution in [0.15, 0.2) is 24.3 Å². The fourth-order valence-corrected chi connectivity index (χ4v) is 6.02. The number of hydrogen-bond donors (Lipinski definition) is 2. The van der Waals surface area contributed by atoms with Gasteiger partial charge in [-0.2, -0.15) is 0 Å². The molecule has 2 aliphatic rings. The first-order chi connectivity index (χ1) is 19.5. The molecule has 0 bridgehead atoms. The molecule has 0 atom stereocenters. The molecule has 0 amide bonds. The summed E-state index contributed by atoms with van der Waals surface area (Å²) in [5, 5.41) is 6.83. The maximum absolute atomic E-state index is 11.9. The van der Waals surface area contributed by atoms with Crippen LogP contribution in [-0.4, -0.2) is 49.2 Å². The predicted octanol–water partition coefficient (Wildman–Crippen LogP) is 7.16. The van der Waals surface area contributed by atoms with Gasteiger partial charge in [0, 0.05) is 45.1 Å². The highest BCUT2D eigenvalue weighted by molar-refractivity contribution is 7.54. The van der Waals surface area contributed by atoms with Crippen molar-refractivity contribution in [2.75, 3.05) is 44.1 Å². The van der Waals surface area contributed by atoms with Crippen molar-refractivity contribution >= 4 is 25.0 Å². The summed E-state index contributed by atoms with van der Waals surface area (Å²) in [6.45, 7) is 4.31. The summed E-state index contributed by atoms with van der Waals surface area (Å²) >= 11 is 0. The van der Waals surface area contributed by atoms with E-state index in [1.54, 1.807) is 0 Å². The van der Waals surface area contributed by atoms with Crippen LogP contribution in [0.3, 0.4) is 0 Å². The number of unbranched alkanes of at least 4 members (excludes halogenated alkanes) is 3. The van der Waals surface area contributed by atoms with Crippen LogP contribution in [0.2, 0.25) is 0 Å². The molecule has 0 aromatic carbocycles. The lowest BCUT2D eigenvalue weighted by Crippen LogP contribution is -2.08. The highest BCUT2D eigenvalue weighted by Gasteiger charge is 2.24. The number of nitrogens with one attached hydrogen (secondary N) is 2. The van der Waals surface area contributed by atoms with Gasteiger partial charge in [0.1, 0.15) is 23.6 Å². The first kappa shape index (κ1) is 32.2. The van der Waals surface area contributed by atoms with E-state index in [9.17, 15) is 9.36 Å². The molecule has 2 aromatic rings. The molecule has 8 nitrogen and oxygen atoms in total. The summed E-state index contributed by atoms with van der Waals surface area (Å²) in [7, 11) is -0.629. The molecule has 2 N–H and O–H groups in total. The van der Waals surface area contributed by atoms with E-state index in [0.29, 0.717) is 6.42 Å². The van der Waals surface area contributed by atoms with Gasteiger partial charge in [-0.1, -0.05) is 31.9 Å². The van der Waals surface area contributed by atoms with Gasteiger partial charge in [-0.3, -0.25) is 9.36 Å². The van der Waals surface area contributed by atoms with Gasteiger partial charge in [0.25, 0.3) is 0 Å². The van der Waals surface area contributed by atoms with Gasteiger partial charge < -0.3 is 19.7 Å². The summed E-state index contributed by atoms with van der Waals surface area (Å²) in [6.07, 6.45) is 14.9. The zero-order chi connectivity index (χ0) is 28.6. The van der Waals surface area contributed by atoms with E-state index in [-0.39, 0.29) is 11.9 Å². The van der Waals surface area contributed by atoms with Crippen LogP contribution in [-0.2, 0) is 44.1 Å². The standard InChI is InChI=1S/C17H27N2O4P.C14H22N2/c1-22-24(21,23-2)13-16(20)9-4-3-8-15-11-10-14-7-5-6-12-18-17(14)19-15;1-2-3-4-8-13-10-9-12-7-5-6-11-15-14(12)16-13/h10-11H,3-9,12-13H2,1-2H3,(H,18,19);9-10H,2-8,11H2,1H3,(H,15,16). The number of rotatable bonds is 13. The number of ketones is 1. The topological polar surface area (TPSA) is 102 Å².